The van der Waals surface area contributed by atoms with Crippen molar-refractivity contribution in [3.8, 4) is 5.75 Å². The van der Waals surface area contributed by atoms with Crippen molar-refractivity contribution in [3.63, 3.8) is 0 Å². The molecule has 0 fully saturated rings. The second-order valence-corrected chi connectivity index (χ2v) is 10.8. The van der Waals surface area contributed by atoms with Gasteiger partial charge in [0, 0.05) is 6.61 Å². The first-order valence-electron chi connectivity index (χ1n) is 9.48. The van der Waals surface area contributed by atoms with E-state index >= 15 is 0 Å². The lowest BCUT2D eigenvalue weighted by Crippen LogP contribution is -2.41. The van der Waals surface area contributed by atoms with Gasteiger partial charge in [-0.05, 0) is 35.4 Å². The van der Waals surface area contributed by atoms with Crippen LogP contribution in [0.2, 0.25) is 0 Å². The molecule has 0 saturated carbocycles. The lowest BCUT2D eigenvalue weighted by Gasteiger charge is -2.20. The first kappa shape index (κ1) is 26.6. The Bertz CT molecular complexity index is 770. The Hall–Kier alpha value is -1.42. The van der Waals surface area contributed by atoms with Crippen molar-refractivity contribution in [3.05, 3.63) is 29.8 Å². The van der Waals surface area contributed by atoms with Gasteiger partial charge in [0.1, 0.15) is 5.75 Å². The molecule has 4 nitrogen and oxygen atoms in total. The molecular weight excluding hydrogens is 431 g/mol. The Morgan fingerprint density at radius 3 is 2.23 bits per heavy atom. The van der Waals surface area contributed by atoms with Crippen LogP contribution < -0.4 is 4.74 Å². The molecule has 0 saturated heterocycles. The summed E-state index contributed by atoms with van der Waals surface area (Å²) in [5.41, 5.74) is 0.459. The second-order valence-electron chi connectivity index (χ2n) is 8.55. The number of ether oxygens (including phenoxy) is 2. The minimum atomic E-state index is -5.71. The topological polar surface area (TPSA) is 52.6 Å². The molecule has 30 heavy (non-hydrogen) atoms. The molecular formula is C20H29F5O4S. The summed E-state index contributed by atoms with van der Waals surface area (Å²) < 4.78 is 97.4. The standard InChI is InChI=1S/C20H29F5O4S/c1-15(12-30(26,27)10-6-9-28-13-18(2,3)4)16-7-5-8-17(11-16)29-14-19(21,22)20(23,24)25/h5,7-8,11,15H,6,9-10,12-14H2,1-4H3/t15-/m0/s1. The van der Waals surface area contributed by atoms with Crippen molar-refractivity contribution in [2.24, 2.45) is 5.41 Å². The van der Waals surface area contributed by atoms with Gasteiger partial charge in [-0.2, -0.15) is 22.0 Å². The first-order valence-corrected chi connectivity index (χ1v) is 11.3. The number of hydrogen-bond donors (Lipinski definition) is 0. The van der Waals surface area contributed by atoms with E-state index in [0.29, 0.717) is 25.2 Å². The normalized spacial score (nSPS) is 14.6. The number of rotatable bonds is 11. The summed E-state index contributed by atoms with van der Waals surface area (Å²) in [6, 6.07) is 5.50. The molecule has 0 amide bonds. The third-order valence-electron chi connectivity index (χ3n) is 4.04. The van der Waals surface area contributed by atoms with Gasteiger partial charge in [-0.25, -0.2) is 8.42 Å². The molecule has 1 rings (SSSR count). The molecule has 1 atom stereocenters. The summed E-state index contributed by atoms with van der Waals surface area (Å²) in [7, 11) is -3.40. The zero-order valence-electron chi connectivity index (χ0n) is 17.6. The van der Waals surface area contributed by atoms with E-state index in [1.165, 1.54) is 18.2 Å². The maximum atomic E-state index is 13.0. The third kappa shape index (κ3) is 9.59. The molecule has 0 heterocycles. The zero-order valence-corrected chi connectivity index (χ0v) is 18.4. The van der Waals surface area contributed by atoms with Crippen LogP contribution in [0.3, 0.4) is 0 Å². The van der Waals surface area contributed by atoms with Crippen molar-refractivity contribution in [1.82, 2.24) is 0 Å². The largest absolute Gasteiger partial charge is 0.487 e. The Morgan fingerprint density at radius 1 is 1.03 bits per heavy atom. The molecule has 10 heteroatoms. The van der Waals surface area contributed by atoms with Gasteiger partial charge >= 0.3 is 12.1 Å². The molecule has 0 unspecified atom stereocenters. The van der Waals surface area contributed by atoms with E-state index in [1.807, 2.05) is 20.8 Å². The van der Waals surface area contributed by atoms with Crippen LogP contribution in [0.1, 0.15) is 45.6 Å². The Kier molecular flexibility index (Phi) is 9.10. The van der Waals surface area contributed by atoms with Gasteiger partial charge in [-0.15, -0.1) is 0 Å². The summed E-state index contributed by atoms with van der Waals surface area (Å²) in [6.07, 6.45) is -5.36. The van der Waals surface area contributed by atoms with E-state index in [4.69, 9.17) is 4.74 Å². The molecule has 1 aromatic rings. The monoisotopic (exact) mass is 460 g/mol. The van der Waals surface area contributed by atoms with Crippen LogP contribution in [0.15, 0.2) is 24.3 Å². The summed E-state index contributed by atoms with van der Waals surface area (Å²) in [6.45, 7) is 6.65. The van der Waals surface area contributed by atoms with Gasteiger partial charge in [0.25, 0.3) is 0 Å². The van der Waals surface area contributed by atoms with Crippen molar-refractivity contribution in [1.29, 1.82) is 0 Å². The number of alkyl halides is 5. The summed E-state index contributed by atoms with van der Waals surface area (Å²) in [4.78, 5) is 0. The van der Waals surface area contributed by atoms with E-state index in [2.05, 4.69) is 4.74 Å². The van der Waals surface area contributed by atoms with Crippen LogP contribution in [-0.4, -0.2) is 51.8 Å². The number of sulfone groups is 1. The van der Waals surface area contributed by atoms with Gasteiger partial charge in [0.15, 0.2) is 16.4 Å². The quantitative estimate of drug-likeness (QED) is 0.335. The maximum absolute atomic E-state index is 13.0. The van der Waals surface area contributed by atoms with E-state index in [0.717, 1.165) is 0 Å². The second kappa shape index (κ2) is 10.3. The van der Waals surface area contributed by atoms with Crippen LogP contribution in [0, 0.1) is 5.41 Å². The van der Waals surface area contributed by atoms with E-state index in [9.17, 15) is 30.4 Å². The van der Waals surface area contributed by atoms with Crippen molar-refractivity contribution < 1.29 is 39.8 Å². The fourth-order valence-corrected chi connectivity index (χ4v) is 4.16. The molecule has 0 spiro atoms. The van der Waals surface area contributed by atoms with Gasteiger partial charge in [-0.1, -0.05) is 39.8 Å². The lowest BCUT2D eigenvalue weighted by molar-refractivity contribution is -0.290. The van der Waals surface area contributed by atoms with Crippen LogP contribution in [-0.2, 0) is 14.6 Å². The third-order valence-corrected chi connectivity index (χ3v) is 5.96. The number of benzene rings is 1. The fourth-order valence-electron chi connectivity index (χ4n) is 2.49. The molecule has 174 valence electrons. The minimum absolute atomic E-state index is 0.00939. The molecule has 0 aromatic heterocycles. The molecule has 1 aromatic carbocycles. The highest BCUT2D eigenvalue weighted by Crippen LogP contribution is 2.36. The van der Waals surface area contributed by atoms with Crippen LogP contribution in [0.4, 0.5) is 22.0 Å². The van der Waals surface area contributed by atoms with Gasteiger partial charge in [-0.3, -0.25) is 0 Å². The number of halogens is 5. The highest BCUT2D eigenvalue weighted by Gasteiger charge is 2.58. The molecule has 0 aliphatic rings. The van der Waals surface area contributed by atoms with Crippen LogP contribution in [0.25, 0.3) is 0 Å². The van der Waals surface area contributed by atoms with E-state index in [-0.39, 0.29) is 22.7 Å². The maximum Gasteiger partial charge on any atom is 0.456 e. The summed E-state index contributed by atoms with van der Waals surface area (Å²) >= 11 is 0. The van der Waals surface area contributed by atoms with Crippen molar-refractivity contribution >= 4 is 9.84 Å². The fraction of sp³-hybridized carbons (Fsp3) is 0.700. The molecule has 0 N–H and O–H groups in total. The summed E-state index contributed by atoms with van der Waals surface area (Å²) in [5, 5.41) is 0. The Labute approximate surface area is 174 Å². The predicted octanol–water partition coefficient (Wildman–Crippen LogP) is 5.23. The first-order chi connectivity index (χ1) is 13.5. The predicted molar refractivity (Wildman–Crippen MR) is 105 cm³/mol. The lowest BCUT2D eigenvalue weighted by atomic mass is 9.99. The highest BCUT2D eigenvalue weighted by molar-refractivity contribution is 7.91. The van der Waals surface area contributed by atoms with Gasteiger partial charge in [0.05, 0.1) is 18.1 Å². The van der Waals surface area contributed by atoms with E-state index < -0.39 is 34.5 Å². The van der Waals surface area contributed by atoms with Gasteiger partial charge in [0.2, 0.25) is 0 Å². The Balaban J connectivity index is 2.61. The summed E-state index contributed by atoms with van der Waals surface area (Å²) in [5.74, 6) is -5.90. The van der Waals surface area contributed by atoms with Crippen LogP contribution >= 0.6 is 0 Å². The molecule has 0 radical (unpaired) electrons. The SMILES string of the molecule is C[C@@H](CS(=O)(=O)CCCOCC(C)(C)C)c1cccc(OCC(F)(F)C(F)(F)F)c1. The van der Waals surface area contributed by atoms with Crippen molar-refractivity contribution in [2.45, 2.75) is 52.1 Å². The highest BCUT2D eigenvalue weighted by atomic mass is 32.2. The zero-order chi connectivity index (χ0) is 23.2. The smallest absolute Gasteiger partial charge is 0.456 e. The molecule has 0 aliphatic heterocycles. The number of hydrogen-bond acceptors (Lipinski definition) is 4. The molecule has 0 bridgehead atoms. The molecule has 0 aliphatic carbocycles. The Morgan fingerprint density at radius 2 is 1.67 bits per heavy atom. The van der Waals surface area contributed by atoms with E-state index in [1.54, 1.807) is 13.0 Å². The van der Waals surface area contributed by atoms with Gasteiger partial charge < -0.3 is 9.47 Å². The van der Waals surface area contributed by atoms with Crippen molar-refractivity contribution in [2.75, 3.05) is 31.3 Å². The van der Waals surface area contributed by atoms with Crippen LogP contribution in [0.5, 0.6) is 5.75 Å². The average Bonchev–Trinajstić information content (AvgIpc) is 2.57. The minimum Gasteiger partial charge on any atom is -0.487 e. The average molecular weight is 461 g/mol.